The minimum absolute atomic E-state index is 0.000728. The van der Waals surface area contributed by atoms with E-state index in [1.807, 2.05) is 12.1 Å². The number of methoxy groups -OCH3 is 2. The van der Waals surface area contributed by atoms with Crippen molar-refractivity contribution in [3.8, 4) is 5.75 Å². The molecule has 2 heterocycles. The van der Waals surface area contributed by atoms with Crippen LogP contribution in [0.4, 0.5) is 0 Å². The standard InChI is InChI=1S/C25H42N2O6Si/c1-24(2,3)34(6,7)33-16-22-25(32-18-30-5,23(28)27(22)17-29-4)15-20-14-21(10-12-26-20)31-13-11-19-8-9-19/h10,12,14,19,22H,8-9,11,13,15-18H2,1-7H3/t22-,25+/m0/s1. The molecule has 8 nitrogen and oxygen atoms in total. The average Bonchev–Trinajstić information content (AvgIpc) is 3.60. The van der Waals surface area contributed by atoms with Gasteiger partial charge in [-0.25, -0.2) is 0 Å². The van der Waals surface area contributed by atoms with Gasteiger partial charge in [-0.05, 0) is 36.5 Å². The van der Waals surface area contributed by atoms with Gasteiger partial charge in [-0.2, -0.15) is 0 Å². The van der Waals surface area contributed by atoms with Crippen LogP contribution in [0.3, 0.4) is 0 Å². The fourth-order valence-corrected chi connectivity index (χ4v) is 4.96. The van der Waals surface area contributed by atoms with Crippen LogP contribution in [-0.2, 0) is 29.9 Å². The van der Waals surface area contributed by atoms with Gasteiger partial charge in [0.1, 0.15) is 19.3 Å². The van der Waals surface area contributed by atoms with Gasteiger partial charge >= 0.3 is 0 Å². The molecule has 0 radical (unpaired) electrons. The number of nitrogens with zero attached hydrogens (tertiary/aromatic N) is 2. The van der Waals surface area contributed by atoms with Crippen LogP contribution < -0.4 is 4.74 Å². The van der Waals surface area contributed by atoms with E-state index in [0.29, 0.717) is 19.6 Å². The summed E-state index contributed by atoms with van der Waals surface area (Å²) in [5.41, 5.74) is -0.390. The molecule has 0 aromatic carbocycles. The van der Waals surface area contributed by atoms with Crippen molar-refractivity contribution in [1.29, 1.82) is 0 Å². The Bertz CT molecular complexity index is 826. The second-order valence-corrected chi connectivity index (χ2v) is 15.8. The summed E-state index contributed by atoms with van der Waals surface area (Å²) in [5, 5.41) is 0.0522. The van der Waals surface area contributed by atoms with Crippen LogP contribution in [0.25, 0.3) is 0 Å². The maximum absolute atomic E-state index is 13.4. The zero-order chi connectivity index (χ0) is 25.0. The van der Waals surface area contributed by atoms with Crippen molar-refractivity contribution in [3.05, 3.63) is 24.0 Å². The summed E-state index contributed by atoms with van der Waals surface area (Å²) in [6.07, 6.45) is 5.73. The Morgan fingerprint density at radius 3 is 2.56 bits per heavy atom. The maximum Gasteiger partial charge on any atom is 0.259 e. The predicted molar refractivity (Wildman–Crippen MR) is 132 cm³/mol. The lowest BCUT2D eigenvalue weighted by molar-refractivity contribution is -0.237. The molecule has 1 aromatic heterocycles. The molecule has 2 aliphatic rings. The van der Waals surface area contributed by atoms with Crippen molar-refractivity contribution in [2.45, 2.75) is 76.2 Å². The van der Waals surface area contributed by atoms with Crippen LogP contribution in [0.15, 0.2) is 18.3 Å². The topological polar surface area (TPSA) is 79.4 Å². The van der Waals surface area contributed by atoms with Gasteiger partial charge in [0.05, 0.1) is 19.3 Å². The van der Waals surface area contributed by atoms with Gasteiger partial charge in [0.25, 0.3) is 5.91 Å². The number of ether oxygens (including phenoxy) is 4. The molecule has 0 unspecified atom stereocenters. The lowest BCUT2D eigenvalue weighted by Crippen LogP contribution is -2.77. The minimum atomic E-state index is -2.04. The molecule has 0 N–H and O–H groups in total. The van der Waals surface area contributed by atoms with Crippen molar-refractivity contribution in [1.82, 2.24) is 9.88 Å². The fourth-order valence-electron chi connectivity index (χ4n) is 3.96. The molecule has 192 valence electrons. The van der Waals surface area contributed by atoms with E-state index in [1.165, 1.54) is 12.8 Å². The molecule has 1 aromatic rings. The van der Waals surface area contributed by atoms with Crippen molar-refractivity contribution >= 4 is 14.2 Å². The second-order valence-electron chi connectivity index (χ2n) is 11.0. The molecule has 3 rings (SSSR count). The highest BCUT2D eigenvalue weighted by Gasteiger charge is 2.62. The molecule has 1 saturated carbocycles. The Labute approximate surface area is 205 Å². The highest BCUT2D eigenvalue weighted by Crippen LogP contribution is 2.41. The van der Waals surface area contributed by atoms with Crippen molar-refractivity contribution in [2.24, 2.45) is 5.92 Å². The minimum Gasteiger partial charge on any atom is -0.493 e. The number of amides is 1. The third-order valence-corrected chi connectivity index (χ3v) is 11.9. The van der Waals surface area contributed by atoms with Crippen LogP contribution in [0.2, 0.25) is 18.1 Å². The van der Waals surface area contributed by atoms with E-state index < -0.39 is 13.9 Å². The third-order valence-electron chi connectivity index (χ3n) is 7.37. The molecule has 0 spiro atoms. The van der Waals surface area contributed by atoms with E-state index in [1.54, 1.807) is 25.3 Å². The second kappa shape index (κ2) is 11.0. The van der Waals surface area contributed by atoms with Gasteiger partial charge in [-0.15, -0.1) is 0 Å². The van der Waals surface area contributed by atoms with Gasteiger partial charge in [0.2, 0.25) is 0 Å². The maximum atomic E-state index is 13.4. The van der Waals surface area contributed by atoms with Gasteiger partial charge < -0.3 is 28.3 Å². The molecule has 1 saturated heterocycles. The Balaban J connectivity index is 1.79. The first-order valence-corrected chi connectivity index (χ1v) is 15.1. The summed E-state index contributed by atoms with van der Waals surface area (Å²) in [5.74, 6) is 1.44. The Morgan fingerprint density at radius 2 is 1.94 bits per heavy atom. The van der Waals surface area contributed by atoms with Gasteiger partial charge in [-0.1, -0.05) is 33.6 Å². The summed E-state index contributed by atoms with van der Waals surface area (Å²) >= 11 is 0. The number of β-lactam (4-membered cyclic amide) rings is 1. The number of likely N-dealkylation sites (tertiary alicyclic amines) is 1. The fraction of sp³-hybridized carbons (Fsp3) is 0.760. The monoisotopic (exact) mass is 494 g/mol. The van der Waals surface area contributed by atoms with Crippen LogP contribution >= 0.6 is 0 Å². The van der Waals surface area contributed by atoms with E-state index in [9.17, 15) is 4.79 Å². The molecule has 1 aliphatic heterocycles. The normalized spacial score (nSPS) is 23.2. The SMILES string of the molecule is COCO[C@@]1(Cc2cc(OCCC3CC3)ccn2)C(=O)N(COC)[C@H]1CO[Si](C)(C)C(C)(C)C. The van der Waals surface area contributed by atoms with Crippen molar-refractivity contribution < 1.29 is 28.2 Å². The van der Waals surface area contributed by atoms with E-state index in [4.69, 9.17) is 23.4 Å². The van der Waals surface area contributed by atoms with Gasteiger partial charge in [0.15, 0.2) is 13.9 Å². The van der Waals surface area contributed by atoms with Gasteiger partial charge in [-0.3, -0.25) is 9.78 Å². The molecule has 9 heteroatoms. The highest BCUT2D eigenvalue weighted by atomic mass is 28.4. The number of hydrogen-bond donors (Lipinski definition) is 0. The van der Waals surface area contributed by atoms with E-state index in [-0.39, 0.29) is 30.5 Å². The Hall–Kier alpha value is -1.52. The van der Waals surface area contributed by atoms with Crippen LogP contribution in [-0.4, -0.2) is 76.7 Å². The number of carbonyl (C=O) groups excluding carboxylic acids is 1. The quantitative estimate of drug-likeness (QED) is 0.220. The zero-order valence-corrected chi connectivity index (χ0v) is 22.9. The summed E-state index contributed by atoms with van der Waals surface area (Å²) in [6.45, 7) is 12.3. The van der Waals surface area contributed by atoms with Crippen molar-refractivity contribution in [2.75, 3.05) is 41.0 Å². The van der Waals surface area contributed by atoms with Gasteiger partial charge in [0, 0.05) is 38.6 Å². The summed E-state index contributed by atoms with van der Waals surface area (Å²) < 4.78 is 29.1. The van der Waals surface area contributed by atoms with Crippen LogP contribution in [0.1, 0.15) is 45.7 Å². The molecule has 1 aliphatic carbocycles. The molecular formula is C25H42N2O6Si. The first kappa shape index (κ1) is 27.1. The number of rotatable bonds is 14. The first-order valence-electron chi connectivity index (χ1n) is 12.2. The van der Waals surface area contributed by atoms with E-state index in [0.717, 1.165) is 23.8 Å². The molecule has 2 fully saturated rings. The summed E-state index contributed by atoms with van der Waals surface area (Å²) in [7, 11) is 1.10. The summed E-state index contributed by atoms with van der Waals surface area (Å²) in [4.78, 5) is 19.6. The third kappa shape index (κ3) is 6.18. The first-order chi connectivity index (χ1) is 16.0. The van der Waals surface area contributed by atoms with Crippen LogP contribution in [0.5, 0.6) is 5.75 Å². The van der Waals surface area contributed by atoms with Crippen molar-refractivity contribution in [3.63, 3.8) is 0 Å². The molecule has 2 atom stereocenters. The number of hydrogen-bond acceptors (Lipinski definition) is 7. The molecule has 1 amide bonds. The summed E-state index contributed by atoms with van der Waals surface area (Å²) in [6, 6.07) is 3.45. The Morgan fingerprint density at radius 1 is 1.21 bits per heavy atom. The van der Waals surface area contributed by atoms with Crippen LogP contribution in [0, 0.1) is 5.92 Å². The predicted octanol–water partition coefficient (Wildman–Crippen LogP) is 4.00. The zero-order valence-electron chi connectivity index (χ0n) is 21.9. The number of aromatic nitrogens is 1. The lowest BCUT2D eigenvalue weighted by Gasteiger charge is -2.55. The largest absolute Gasteiger partial charge is 0.493 e. The molecule has 34 heavy (non-hydrogen) atoms. The molecule has 0 bridgehead atoms. The van der Waals surface area contributed by atoms with E-state index >= 15 is 0 Å². The Kier molecular flexibility index (Phi) is 8.78. The highest BCUT2D eigenvalue weighted by molar-refractivity contribution is 6.74. The molecular weight excluding hydrogens is 452 g/mol. The smallest absolute Gasteiger partial charge is 0.259 e. The number of carbonyl (C=O) groups is 1. The number of pyridine rings is 1. The lowest BCUT2D eigenvalue weighted by atomic mass is 9.79. The average molecular weight is 495 g/mol. The van der Waals surface area contributed by atoms with E-state index in [2.05, 4.69) is 38.8 Å².